The molecule has 0 bridgehead atoms. The molecule has 2 aliphatic rings. The van der Waals surface area contributed by atoms with Gasteiger partial charge in [0.15, 0.2) is 0 Å². The van der Waals surface area contributed by atoms with Crippen molar-refractivity contribution in [2.24, 2.45) is 5.92 Å². The number of rotatable bonds is 4. The Kier molecular flexibility index (Phi) is 5.73. The number of piperazine rings is 1. The summed E-state index contributed by atoms with van der Waals surface area (Å²) in [5.74, 6) is 0.913. The second kappa shape index (κ2) is 7.60. The fourth-order valence-corrected chi connectivity index (χ4v) is 4.41. The lowest BCUT2D eigenvalue weighted by molar-refractivity contribution is 0.106. The molecule has 2 saturated heterocycles. The summed E-state index contributed by atoms with van der Waals surface area (Å²) in [6.07, 6.45) is 2.71. The molecule has 3 rings (SSSR count). The molecule has 0 aliphatic carbocycles. The van der Waals surface area contributed by atoms with Crippen molar-refractivity contribution in [1.29, 1.82) is 0 Å². The summed E-state index contributed by atoms with van der Waals surface area (Å²) in [7, 11) is 0. The van der Waals surface area contributed by atoms with E-state index in [9.17, 15) is 0 Å². The van der Waals surface area contributed by atoms with Crippen LogP contribution >= 0.6 is 11.3 Å². The maximum atomic E-state index is 4.84. The van der Waals surface area contributed by atoms with Gasteiger partial charge in [0, 0.05) is 50.1 Å². The van der Waals surface area contributed by atoms with E-state index in [2.05, 4.69) is 41.3 Å². The van der Waals surface area contributed by atoms with Crippen molar-refractivity contribution in [3.8, 4) is 0 Å². The van der Waals surface area contributed by atoms with E-state index in [-0.39, 0.29) is 5.41 Å². The SMILES string of the molecule is CC(C)(C)c1nc(CN2CCN(CC3CCNCC3)CC2)cs1. The second-order valence-electron chi connectivity index (χ2n) is 8.16. The van der Waals surface area contributed by atoms with Crippen LogP contribution in [0.25, 0.3) is 0 Å². The van der Waals surface area contributed by atoms with Gasteiger partial charge in [0.25, 0.3) is 0 Å². The highest BCUT2D eigenvalue weighted by Gasteiger charge is 2.23. The lowest BCUT2D eigenvalue weighted by Gasteiger charge is -2.37. The molecule has 0 amide bonds. The number of nitrogens with zero attached hydrogens (tertiary/aromatic N) is 3. The third-order valence-corrected chi connectivity index (χ3v) is 6.34. The van der Waals surface area contributed by atoms with E-state index < -0.39 is 0 Å². The summed E-state index contributed by atoms with van der Waals surface area (Å²) in [6, 6.07) is 0. The fourth-order valence-electron chi connectivity index (χ4n) is 3.51. The average molecular weight is 337 g/mol. The van der Waals surface area contributed by atoms with Crippen LogP contribution in [0.3, 0.4) is 0 Å². The number of hydrogen-bond acceptors (Lipinski definition) is 5. The minimum absolute atomic E-state index is 0.177. The van der Waals surface area contributed by atoms with E-state index in [1.54, 1.807) is 0 Å². The molecule has 130 valence electrons. The van der Waals surface area contributed by atoms with E-state index in [1.807, 2.05) is 11.3 Å². The van der Waals surface area contributed by atoms with Crippen molar-refractivity contribution in [2.45, 2.75) is 45.6 Å². The Labute approximate surface area is 145 Å². The first kappa shape index (κ1) is 17.3. The van der Waals surface area contributed by atoms with Gasteiger partial charge in [-0.05, 0) is 31.8 Å². The van der Waals surface area contributed by atoms with Crippen molar-refractivity contribution >= 4 is 11.3 Å². The molecule has 1 N–H and O–H groups in total. The monoisotopic (exact) mass is 336 g/mol. The molecule has 2 fully saturated rings. The van der Waals surface area contributed by atoms with Gasteiger partial charge in [-0.3, -0.25) is 4.90 Å². The van der Waals surface area contributed by atoms with Crippen LogP contribution < -0.4 is 5.32 Å². The molecule has 0 saturated carbocycles. The molecule has 4 nitrogen and oxygen atoms in total. The maximum Gasteiger partial charge on any atom is 0.0982 e. The molecule has 0 spiro atoms. The van der Waals surface area contributed by atoms with Crippen molar-refractivity contribution in [3.05, 3.63) is 16.1 Å². The molecular formula is C18H32N4S. The van der Waals surface area contributed by atoms with Gasteiger partial charge in [0.1, 0.15) is 0 Å². The predicted molar refractivity (Wildman–Crippen MR) is 98.1 cm³/mol. The zero-order chi connectivity index (χ0) is 16.3. The Morgan fingerprint density at radius 1 is 1.13 bits per heavy atom. The predicted octanol–water partition coefficient (Wildman–Crippen LogP) is 2.56. The van der Waals surface area contributed by atoms with E-state index in [0.717, 1.165) is 12.5 Å². The van der Waals surface area contributed by atoms with Gasteiger partial charge in [-0.1, -0.05) is 20.8 Å². The van der Waals surface area contributed by atoms with Crippen LogP contribution in [0.2, 0.25) is 0 Å². The Bertz CT molecular complexity index is 479. The molecule has 5 heteroatoms. The molecule has 0 radical (unpaired) electrons. The smallest absolute Gasteiger partial charge is 0.0982 e. The third-order valence-electron chi connectivity index (χ3n) is 5.02. The highest BCUT2D eigenvalue weighted by molar-refractivity contribution is 7.09. The summed E-state index contributed by atoms with van der Waals surface area (Å²) in [4.78, 5) is 10.1. The topological polar surface area (TPSA) is 31.4 Å². The van der Waals surface area contributed by atoms with Crippen molar-refractivity contribution in [3.63, 3.8) is 0 Å². The zero-order valence-corrected chi connectivity index (χ0v) is 15.8. The number of piperidine rings is 1. The molecule has 0 atom stereocenters. The molecule has 3 heterocycles. The third kappa shape index (κ3) is 4.99. The first-order valence-corrected chi connectivity index (χ1v) is 9.99. The highest BCUT2D eigenvalue weighted by atomic mass is 32.1. The number of thiazole rings is 1. The lowest BCUT2D eigenvalue weighted by atomic mass is 9.97. The van der Waals surface area contributed by atoms with Crippen LogP contribution in [0.4, 0.5) is 0 Å². The summed E-state index contributed by atoms with van der Waals surface area (Å²) in [5.41, 5.74) is 1.43. The van der Waals surface area contributed by atoms with Crippen LogP contribution in [0.5, 0.6) is 0 Å². The maximum absolute atomic E-state index is 4.84. The van der Waals surface area contributed by atoms with Gasteiger partial charge < -0.3 is 10.2 Å². The standard InChI is InChI=1S/C18H32N4S/c1-18(2,3)17-20-16(14-23-17)13-22-10-8-21(9-11-22)12-15-4-6-19-7-5-15/h14-15,19H,4-13H2,1-3H3. The van der Waals surface area contributed by atoms with Gasteiger partial charge in [-0.2, -0.15) is 0 Å². The molecule has 0 unspecified atom stereocenters. The van der Waals surface area contributed by atoms with Crippen molar-refractivity contribution < 1.29 is 0 Å². The van der Waals surface area contributed by atoms with Crippen LogP contribution in [0.1, 0.15) is 44.3 Å². The first-order valence-electron chi connectivity index (χ1n) is 9.11. The van der Waals surface area contributed by atoms with Crippen LogP contribution in [-0.2, 0) is 12.0 Å². The zero-order valence-electron chi connectivity index (χ0n) is 15.0. The normalized spacial score (nSPS) is 22.6. The van der Waals surface area contributed by atoms with Gasteiger partial charge in [-0.15, -0.1) is 11.3 Å². The fraction of sp³-hybridized carbons (Fsp3) is 0.833. The van der Waals surface area contributed by atoms with Crippen LogP contribution in [0.15, 0.2) is 5.38 Å². The summed E-state index contributed by atoms with van der Waals surface area (Å²) >= 11 is 1.81. The largest absolute Gasteiger partial charge is 0.317 e. The highest BCUT2D eigenvalue weighted by Crippen LogP contribution is 2.26. The van der Waals surface area contributed by atoms with Gasteiger partial charge in [0.05, 0.1) is 10.7 Å². The summed E-state index contributed by atoms with van der Waals surface area (Å²) in [6.45, 7) is 16.3. The molecule has 0 aromatic carbocycles. The van der Waals surface area contributed by atoms with Crippen molar-refractivity contribution in [2.75, 3.05) is 45.8 Å². The second-order valence-corrected chi connectivity index (χ2v) is 9.02. The number of hydrogen-bond donors (Lipinski definition) is 1. The van der Waals surface area contributed by atoms with E-state index >= 15 is 0 Å². The van der Waals surface area contributed by atoms with Gasteiger partial charge in [0.2, 0.25) is 0 Å². The van der Waals surface area contributed by atoms with E-state index in [4.69, 9.17) is 4.98 Å². The van der Waals surface area contributed by atoms with Crippen molar-refractivity contribution in [1.82, 2.24) is 20.1 Å². The Morgan fingerprint density at radius 3 is 2.39 bits per heavy atom. The number of nitrogens with one attached hydrogen (secondary N) is 1. The molecule has 1 aromatic heterocycles. The van der Waals surface area contributed by atoms with Gasteiger partial charge >= 0.3 is 0 Å². The van der Waals surface area contributed by atoms with Crippen LogP contribution in [-0.4, -0.2) is 60.6 Å². The van der Waals surface area contributed by atoms with Crippen LogP contribution in [0, 0.1) is 5.92 Å². The van der Waals surface area contributed by atoms with Gasteiger partial charge in [-0.25, -0.2) is 4.98 Å². The molecule has 23 heavy (non-hydrogen) atoms. The first-order chi connectivity index (χ1) is 11.0. The molecular weight excluding hydrogens is 304 g/mol. The quantitative estimate of drug-likeness (QED) is 0.916. The lowest BCUT2D eigenvalue weighted by Crippen LogP contribution is -2.48. The Hall–Kier alpha value is -0.490. The Balaban J connectivity index is 1.43. The summed E-state index contributed by atoms with van der Waals surface area (Å²) < 4.78 is 0. The average Bonchev–Trinajstić information content (AvgIpc) is 2.99. The molecule has 2 aliphatic heterocycles. The minimum atomic E-state index is 0.177. The van der Waals surface area contributed by atoms with E-state index in [0.29, 0.717) is 0 Å². The Morgan fingerprint density at radius 2 is 1.78 bits per heavy atom. The van der Waals surface area contributed by atoms with E-state index in [1.165, 1.54) is 69.4 Å². The molecule has 1 aromatic rings. The minimum Gasteiger partial charge on any atom is -0.317 e. The number of aromatic nitrogens is 1. The summed E-state index contributed by atoms with van der Waals surface area (Å²) in [5, 5.41) is 6.98.